The Morgan fingerprint density at radius 1 is 1.56 bits per heavy atom. The van der Waals surface area contributed by atoms with Crippen LogP contribution in [0.15, 0.2) is 0 Å². The fourth-order valence-corrected chi connectivity index (χ4v) is 1.12. The van der Waals surface area contributed by atoms with Crippen molar-refractivity contribution in [1.82, 2.24) is 0 Å². The second-order valence-corrected chi connectivity index (χ2v) is 2.44. The summed E-state index contributed by atoms with van der Waals surface area (Å²) in [6.07, 6.45) is 4.07. The van der Waals surface area contributed by atoms with Gasteiger partial charge in [-0.2, -0.15) is 0 Å². The molecule has 0 aliphatic carbocycles. The lowest BCUT2D eigenvalue weighted by atomic mass is 10.1. The van der Waals surface area contributed by atoms with Crippen LogP contribution in [0.2, 0.25) is 0 Å². The van der Waals surface area contributed by atoms with Crippen molar-refractivity contribution in [2.75, 3.05) is 20.3 Å². The highest BCUT2D eigenvalue weighted by Crippen LogP contribution is 2.11. The Labute approximate surface area is 56.2 Å². The molecule has 1 atom stereocenters. The van der Waals surface area contributed by atoms with Gasteiger partial charge >= 0.3 is 0 Å². The summed E-state index contributed by atoms with van der Waals surface area (Å²) in [7, 11) is 1.72. The summed E-state index contributed by atoms with van der Waals surface area (Å²) < 4.78 is 10.3. The first-order valence-electron chi connectivity index (χ1n) is 3.54. The molecule has 0 N–H and O–H groups in total. The minimum absolute atomic E-state index is 0.378. The largest absolute Gasteiger partial charge is 0.382 e. The van der Waals surface area contributed by atoms with E-state index >= 15 is 0 Å². The van der Waals surface area contributed by atoms with Crippen molar-refractivity contribution in [2.45, 2.75) is 25.4 Å². The number of rotatable bonds is 2. The summed E-state index contributed by atoms with van der Waals surface area (Å²) >= 11 is 0. The van der Waals surface area contributed by atoms with E-state index in [1.54, 1.807) is 7.11 Å². The molecule has 0 bridgehead atoms. The maximum absolute atomic E-state index is 5.39. The summed E-state index contributed by atoms with van der Waals surface area (Å²) in [4.78, 5) is 0. The van der Waals surface area contributed by atoms with Gasteiger partial charge in [-0.3, -0.25) is 0 Å². The third-order valence-corrected chi connectivity index (χ3v) is 1.63. The third kappa shape index (κ3) is 2.33. The Bertz CT molecular complexity index is 64.6. The van der Waals surface area contributed by atoms with Crippen molar-refractivity contribution in [1.29, 1.82) is 0 Å². The normalized spacial score (nSPS) is 28.3. The van der Waals surface area contributed by atoms with Crippen LogP contribution in [0.3, 0.4) is 0 Å². The SMILES string of the molecule is COC[C@H]1CCCCO1. The van der Waals surface area contributed by atoms with Crippen molar-refractivity contribution in [3.8, 4) is 0 Å². The Morgan fingerprint density at radius 2 is 2.44 bits per heavy atom. The van der Waals surface area contributed by atoms with Crippen LogP contribution < -0.4 is 0 Å². The summed E-state index contributed by atoms with van der Waals surface area (Å²) in [5.41, 5.74) is 0. The van der Waals surface area contributed by atoms with E-state index in [0.29, 0.717) is 6.10 Å². The van der Waals surface area contributed by atoms with Crippen molar-refractivity contribution in [2.24, 2.45) is 0 Å². The molecule has 0 radical (unpaired) electrons. The van der Waals surface area contributed by atoms with Crippen molar-refractivity contribution >= 4 is 0 Å². The van der Waals surface area contributed by atoms with Crippen LogP contribution in [0.5, 0.6) is 0 Å². The topological polar surface area (TPSA) is 18.5 Å². The molecule has 0 aromatic carbocycles. The van der Waals surface area contributed by atoms with Gasteiger partial charge in [-0.15, -0.1) is 0 Å². The van der Waals surface area contributed by atoms with Gasteiger partial charge in [0, 0.05) is 13.7 Å². The molecule has 1 saturated heterocycles. The highest BCUT2D eigenvalue weighted by atomic mass is 16.5. The Morgan fingerprint density at radius 3 is 3.00 bits per heavy atom. The lowest BCUT2D eigenvalue weighted by Crippen LogP contribution is -2.23. The van der Waals surface area contributed by atoms with E-state index in [0.717, 1.165) is 13.2 Å². The van der Waals surface area contributed by atoms with E-state index in [1.165, 1.54) is 19.3 Å². The predicted molar refractivity (Wildman–Crippen MR) is 35.5 cm³/mol. The summed E-state index contributed by atoms with van der Waals surface area (Å²) in [5.74, 6) is 0. The Balaban J connectivity index is 2.08. The number of ether oxygens (including phenoxy) is 2. The number of hydrogen-bond donors (Lipinski definition) is 0. The van der Waals surface area contributed by atoms with E-state index in [9.17, 15) is 0 Å². The van der Waals surface area contributed by atoms with Gasteiger partial charge in [0.15, 0.2) is 0 Å². The third-order valence-electron chi connectivity index (χ3n) is 1.63. The first-order valence-corrected chi connectivity index (χ1v) is 3.54. The van der Waals surface area contributed by atoms with Crippen LogP contribution in [-0.2, 0) is 9.47 Å². The minimum Gasteiger partial charge on any atom is -0.382 e. The molecule has 2 nitrogen and oxygen atoms in total. The van der Waals surface area contributed by atoms with Crippen LogP contribution in [0, 0.1) is 0 Å². The monoisotopic (exact) mass is 130 g/mol. The highest BCUT2D eigenvalue weighted by Gasteiger charge is 2.12. The molecule has 54 valence electrons. The molecule has 1 rings (SSSR count). The van der Waals surface area contributed by atoms with Gasteiger partial charge in [0.2, 0.25) is 0 Å². The lowest BCUT2D eigenvalue weighted by Gasteiger charge is -2.21. The maximum Gasteiger partial charge on any atom is 0.0808 e. The zero-order chi connectivity index (χ0) is 6.53. The summed E-state index contributed by atoms with van der Waals surface area (Å²) in [5, 5.41) is 0. The lowest BCUT2D eigenvalue weighted by molar-refractivity contribution is -0.0289. The minimum atomic E-state index is 0.378. The molecular weight excluding hydrogens is 116 g/mol. The van der Waals surface area contributed by atoms with Gasteiger partial charge < -0.3 is 9.47 Å². The highest BCUT2D eigenvalue weighted by molar-refractivity contribution is 4.61. The first kappa shape index (κ1) is 7.03. The summed E-state index contributed by atoms with van der Waals surface area (Å²) in [6, 6.07) is 0. The van der Waals surface area contributed by atoms with Gasteiger partial charge in [0.25, 0.3) is 0 Å². The van der Waals surface area contributed by atoms with Crippen LogP contribution in [-0.4, -0.2) is 26.4 Å². The molecular formula is C7H14O2. The maximum atomic E-state index is 5.39. The molecule has 0 aromatic heterocycles. The van der Waals surface area contributed by atoms with Crippen molar-refractivity contribution in [3.05, 3.63) is 0 Å². The van der Waals surface area contributed by atoms with Crippen molar-refractivity contribution < 1.29 is 9.47 Å². The fraction of sp³-hybridized carbons (Fsp3) is 1.00. The molecule has 0 saturated carbocycles. The Hall–Kier alpha value is -0.0800. The van der Waals surface area contributed by atoms with Gasteiger partial charge in [-0.05, 0) is 19.3 Å². The molecule has 1 heterocycles. The quantitative estimate of drug-likeness (QED) is 0.559. The fourth-order valence-electron chi connectivity index (χ4n) is 1.12. The zero-order valence-corrected chi connectivity index (χ0v) is 5.93. The molecule has 1 aliphatic heterocycles. The summed E-state index contributed by atoms with van der Waals surface area (Å²) in [6.45, 7) is 1.69. The molecule has 0 unspecified atom stereocenters. The average Bonchev–Trinajstić information content (AvgIpc) is 1.91. The number of hydrogen-bond acceptors (Lipinski definition) is 2. The van der Waals surface area contributed by atoms with Gasteiger partial charge in [-0.1, -0.05) is 0 Å². The second-order valence-electron chi connectivity index (χ2n) is 2.44. The van der Waals surface area contributed by atoms with Crippen LogP contribution >= 0.6 is 0 Å². The van der Waals surface area contributed by atoms with Crippen molar-refractivity contribution in [3.63, 3.8) is 0 Å². The van der Waals surface area contributed by atoms with Gasteiger partial charge in [0.05, 0.1) is 12.7 Å². The predicted octanol–water partition coefficient (Wildman–Crippen LogP) is 1.20. The van der Waals surface area contributed by atoms with E-state index in [-0.39, 0.29) is 0 Å². The average molecular weight is 130 g/mol. The molecule has 1 fully saturated rings. The zero-order valence-electron chi connectivity index (χ0n) is 5.93. The number of methoxy groups -OCH3 is 1. The van der Waals surface area contributed by atoms with Crippen LogP contribution in [0.4, 0.5) is 0 Å². The molecule has 2 heteroatoms. The molecule has 0 aromatic rings. The molecule has 0 amide bonds. The van der Waals surface area contributed by atoms with E-state index in [4.69, 9.17) is 9.47 Å². The van der Waals surface area contributed by atoms with Crippen LogP contribution in [0.1, 0.15) is 19.3 Å². The second kappa shape index (κ2) is 3.85. The smallest absolute Gasteiger partial charge is 0.0808 e. The van der Waals surface area contributed by atoms with E-state index in [2.05, 4.69) is 0 Å². The van der Waals surface area contributed by atoms with Gasteiger partial charge in [-0.25, -0.2) is 0 Å². The first-order chi connectivity index (χ1) is 4.43. The van der Waals surface area contributed by atoms with Crippen LogP contribution in [0.25, 0.3) is 0 Å². The molecule has 9 heavy (non-hydrogen) atoms. The molecule has 0 spiro atoms. The van der Waals surface area contributed by atoms with E-state index < -0.39 is 0 Å². The van der Waals surface area contributed by atoms with E-state index in [1.807, 2.05) is 0 Å². The molecule has 1 aliphatic rings. The standard InChI is InChI=1S/C7H14O2/c1-8-6-7-4-2-3-5-9-7/h7H,2-6H2,1H3/t7-/m1/s1. The Kier molecular flexibility index (Phi) is 3.01. The van der Waals surface area contributed by atoms with Gasteiger partial charge in [0.1, 0.15) is 0 Å².